The summed E-state index contributed by atoms with van der Waals surface area (Å²) in [6, 6.07) is 4.11. The second-order valence-corrected chi connectivity index (χ2v) is 5.72. The van der Waals surface area contributed by atoms with Gasteiger partial charge in [0.25, 0.3) is 0 Å². The van der Waals surface area contributed by atoms with Crippen LogP contribution in [0, 0.1) is 5.82 Å². The summed E-state index contributed by atoms with van der Waals surface area (Å²) >= 11 is 0. The molecular weight excluding hydrogens is 303 g/mol. The number of carbonyl (C=O) groups is 2. The molecule has 2 aliphatic rings. The molecule has 0 bridgehead atoms. The third-order valence-electron chi connectivity index (χ3n) is 4.23. The van der Waals surface area contributed by atoms with Gasteiger partial charge >= 0.3 is 6.09 Å². The van der Waals surface area contributed by atoms with E-state index >= 15 is 0 Å². The second kappa shape index (κ2) is 6.54. The third-order valence-corrected chi connectivity index (χ3v) is 4.23. The van der Waals surface area contributed by atoms with E-state index in [1.54, 1.807) is 18.1 Å². The van der Waals surface area contributed by atoms with Crippen LogP contribution in [0.5, 0.6) is 0 Å². The van der Waals surface area contributed by atoms with Gasteiger partial charge in [-0.2, -0.15) is 0 Å². The maximum Gasteiger partial charge on any atom is 0.414 e. The molecule has 1 atom stereocenters. The SMILES string of the molecule is COCCC(=O)N1CCC2COC(=O)N2c2cc(F)ccc2C1. The molecule has 23 heavy (non-hydrogen) atoms. The van der Waals surface area contributed by atoms with Crippen molar-refractivity contribution in [1.82, 2.24) is 4.90 Å². The lowest BCUT2D eigenvalue weighted by Crippen LogP contribution is -2.42. The summed E-state index contributed by atoms with van der Waals surface area (Å²) in [5.41, 5.74) is 1.22. The lowest BCUT2D eigenvalue weighted by molar-refractivity contribution is -0.132. The molecule has 1 saturated heterocycles. The van der Waals surface area contributed by atoms with Gasteiger partial charge in [0.15, 0.2) is 0 Å². The van der Waals surface area contributed by atoms with Crippen molar-refractivity contribution in [1.29, 1.82) is 0 Å². The van der Waals surface area contributed by atoms with Crippen molar-refractivity contribution < 1.29 is 23.5 Å². The summed E-state index contributed by atoms with van der Waals surface area (Å²) in [5.74, 6) is -0.430. The zero-order chi connectivity index (χ0) is 16.4. The van der Waals surface area contributed by atoms with Crippen LogP contribution in [0.4, 0.5) is 14.9 Å². The van der Waals surface area contributed by atoms with Crippen molar-refractivity contribution in [3.63, 3.8) is 0 Å². The van der Waals surface area contributed by atoms with Gasteiger partial charge in [-0.3, -0.25) is 9.69 Å². The maximum absolute atomic E-state index is 13.7. The van der Waals surface area contributed by atoms with Gasteiger partial charge < -0.3 is 14.4 Å². The molecule has 1 unspecified atom stereocenters. The lowest BCUT2D eigenvalue weighted by atomic mass is 10.0. The largest absolute Gasteiger partial charge is 0.447 e. The molecule has 1 aromatic rings. The Morgan fingerprint density at radius 2 is 2.30 bits per heavy atom. The topological polar surface area (TPSA) is 59.1 Å². The fourth-order valence-electron chi connectivity index (χ4n) is 3.01. The van der Waals surface area contributed by atoms with E-state index in [4.69, 9.17) is 9.47 Å². The Labute approximate surface area is 133 Å². The quantitative estimate of drug-likeness (QED) is 0.853. The van der Waals surface area contributed by atoms with Crippen LogP contribution in [-0.4, -0.2) is 49.8 Å². The molecule has 3 rings (SSSR count). The van der Waals surface area contributed by atoms with Crippen molar-refractivity contribution in [3.8, 4) is 0 Å². The molecule has 0 N–H and O–H groups in total. The number of fused-ring (bicyclic) bond motifs is 3. The molecule has 2 heterocycles. The summed E-state index contributed by atoms with van der Waals surface area (Å²) in [5, 5.41) is 0. The minimum absolute atomic E-state index is 0.0131. The molecule has 2 amide bonds. The molecule has 2 aliphatic heterocycles. The molecule has 6 nitrogen and oxygen atoms in total. The number of anilines is 1. The van der Waals surface area contributed by atoms with Gasteiger partial charge in [-0.1, -0.05) is 6.07 Å². The van der Waals surface area contributed by atoms with Crippen molar-refractivity contribution in [2.45, 2.75) is 25.4 Å². The Bertz CT molecular complexity index is 622. The van der Waals surface area contributed by atoms with Crippen LogP contribution in [0.15, 0.2) is 18.2 Å². The number of hydrogen-bond donors (Lipinski definition) is 0. The summed E-state index contributed by atoms with van der Waals surface area (Å²) < 4.78 is 23.7. The van der Waals surface area contributed by atoms with E-state index in [9.17, 15) is 14.0 Å². The van der Waals surface area contributed by atoms with Crippen LogP contribution in [0.1, 0.15) is 18.4 Å². The summed E-state index contributed by atoms with van der Waals surface area (Å²) in [4.78, 5) is 27.5. The first-order valence-corrected chi connectivity index (χ1v) is 7.61. The number of carbonyl (C=O) groups excluding carboxylic acids is 2. The Kier molecular flexibility index (Phi) is 4.47. The zero-order valence-corrected chi connectivity index (χ0v) is 13.0. The molecule has 1 aromatic carbocycles. The highest BCUT2D eigenvalue weighted by atomic mass is 19.1. The highest BCUT2D eigenvalue weighted by Crippen LogP contribution is 2.32. The number of amides is 2. The number of benzene rings is 1. The first kappa shape index (κ1) is 15.7. The second-order valence-electron chi connectivity index (χ2n) is 5.72. The average molecular weight is 322 g/mol. The van der Waals surface area contributed by atoms with Gasteiger partial charge in [0.2, 0.25) is 5.91 Å². The molecule has 0 aliphatic carbocycles. The zero-order valence-electron chi connectivity index (χ0n) is 13.0. The number of nitrogens with zero attached hydrogens (tertiary/aromatic N) is 2. The highest BCUT2D eigenvalue weighted by Gasteiger charge is 2.37. The van der Waals surface area contributed by atoms with Gasteiger partial charge in [-0.25, -0.2) is 9.18 Å². The lowest BCUT2D eigenvalue weighted by Gasteiger charge is -2.32. The van der Waals surface area contributed by atoms with Crippen LogP contribution in [0.2, 0.25) is 0 Å². The summed E-state index contributed by atoms with van der Waals surface area (Å²) in [7, 11) is 1.55. The van der Waals surface area contributed by atoms with Crippen LogP contribution >= 0.6 is 0 Å². The minimum atomic E-state index is -0.457. The molecule has 0 aromatic heterocycles. The minimum Gasteiger partial charge on any atom is -0.447 e. The Morgan fingerprint density at radius 3 is 3.09 bits per heavy atom. The van der Waals surface area contributed by atoms with E-state index in [1.807, 2.05) is 0 Å². The number of methoxy groups -OCH3 is 1. The predicted molar refractivity (Wildman–Crippen MR) is 80.5 cm³/mol. The van der Waals surface area contributed by atoms with Gasteiger partial charge in [0.05, 0.1) is 24.8 Å². The van der Waals surface area contributed by atoms with E-state index in [1.165, 1.54) is 17.0 Å². The molecule has 0 radical (unpaired) electrons. The van der Waals surface area contributed by atoms with Crippen molar-refractivity contribution in [2.75, 3.05) is 31.8 Å². The van der Waals surface area contributed by atoms with Gasteiger partial charge in [0.1, 0.15) is 12.4 Å². The molecule has 7 heteroatoms. The molecule has 1 fully saturated rings. The molecule has 0 saturated carbocycles. The Balaban J connectivity index is 1.92. The fraction of sp³-hybridized carbons (Fsp3) is 0.500. The monoisotopic (exact) mass is 322 g/mol. The van der Waals surface area contributed by atoms with E-state index in [2.05, 4.69) is 0 Å². The highest BCUT2D eigenvalue weighted by molar-refractivity contribution is 5.91. The summed E-state index contributed by atoms with van der Waals surface area (Å²) in [6.45, 7) is 1.49. The third kappa shape index (κ3) is 3.14. The van der Waals surface area contributed by atoms with Crippen molar-refractivity contribution in [2.24, 2.45) is 0 Å². The first-order chi connectivity index (χ1) is 11.1. The predicted octanol–water partition coefficient (Wildman–Crippen LogP) is 1.92. The van der Waals surface area contributed by atoms with Crippen LogP contribution in [0.3, 0.4) is 0 Å². The van der Waals surface area contributed by atoms with E-state index in [-0.39, 0.29) is 18.6 Å². The maximum atomic E-state index is 13.7. The normalized spacial score (nSPS) is 20.4. The van der Waals surface area contributed by atoms with Crippen LogP contribution < -0.4 is 4.90 Å². The van der Waals surface area contributed by atoms with Gasteiger partial charge in [0, 0.05) is 20.2 Å². The number of hydrogen-bond acceptors (Lipinski definition) is 4. The van der Waals surface area contributed by atoms with Gasteiger partial charge in [-0.05, 0) is 24.1 Å². The van der Waals surface area contributed by atoms with Crippen molar-refractivity contribution >= 4 is 17.7 Å². The summed E-state index contributed by atoms with van der Waals surface area (Å²) in [6.07, 6.45) is 0.443. The number of ether oxygens (including phenoxy) is 2. The number of rotatable bonds is 3. The Hall–Kier alpha value is -2.15. The number of cyclic esters (lactones) is 1. The average Bonchev–Trinajstić information content (AvgIpc) is 2.88. The fourth-order valence-corrected chi connectivity index (χ4v) is 3.01. The van der Waals surface area contributed by atoms with Gasteiger partial charge in [-0.15, -0.1) is 0 Å². The van der Waals surface area contributed by atoms with Crippen LogP contribution in [-0.2, 0) is 20.8 Å². The number of halogens is 1. The molecular formula is C16H19FN2O4. The van der Waals surface area contributed by atoms with E-state index in [0.29, 0.717) is 38.2 Å². The molecule has 124 valence electrons. The van der Waals surface area contributed by atoms with Crippen LogP contribution in [0.25, 0.3) is 0 Å². The van der Waals surface area contributed by atoms with E-state index < -0.39 is 11.9 Å². The first-order valence-electron chi connectivity index (χ1n) is 7.61. The Morgan fingerprint density at radius 1 is 1.48 bits per heavy atom. The van der Waals surface area contributed by atoms with E-state index in [0.717, 1.165) is 5.56 Å². The molecule has 0 spiro atoms. The smallest absolute Gasteiger partial charge is 0.414 e. The standard InChI is InChI=1S/C16H19FN2O4/c1-22-7-5-15(20)18-6-4-13-10-23-16(21)19(13)14-8-12(17)3-2-11(14)9-18/h2-3,8,13H,4-7,9-10H2,1H3. The van der Waals surface area contributed by atoms with Crippen molar-refractivity contribution in [3.05, 3.63) is 29.6 Å².